The van der Waals surface area contributed by atoms with E-state index in [4.69, 9.17) is 10.5 Å². The van der Waals surface area contributed by atoms with E-state index in [0.29, 0.717) is 13.2 Å². The minimum Gasteiger partial charge on any atom is -0.490 e. The summed E-state index contributed by atoms with van der Waals surface area (Å²) in [4.78, 5) is 4.32. The number of nitrogens with two attached hydrogens (primary N) is 1. The highest BCUT2D eigenvalue weighted by atomic mass is 16.5. The summed E-state index contributed by atoms with van der Waals surface area (Å²) in [5, 5.41) is 3.37. The average molecular weight is 237 g/mol. The molecule has 1 aromatic rings. The number of anilines is 1. The Balaban J connectivity index is 2.82. The van der Waals surface area contributed by atoms with E-state index < -0.39 is 0 Å². The first-order valence-corrected chi connectivity index (χ1v) is 6.21. The highest BCUT2D eigenvalue weighted by Gasteiger charge is 2.21. The largest absolute Gasteiger partial charge is 0.490 e. The first-order chi connectivity index (χ1) is 8.15. The number of ether oxygens (including phenoxy) is 1. The van der Waals surface area contributed by atoms with Crippen molar-refractivity contribution in [2.45, 2.75) is 39.2 Å². The van der Waals surface area contributed by atoms with E-state index in [1.807, 2.05) is 12.1 Å². The van der Waals surface area contributed by atoms with E-state index >= 15 is 0 Å². The van der Waals surface area contributed by atoms with Gasteiger partial charge in [-0.25, -0.2) is 4.98 Å². The van der Waals surface area contributed by atoms with Crippen molar-refractivity contribution in [2.24, 2.45) is 5.73 Å². The van der Waals surface area contributed by atoms with Crippen LogP contribution in [-0.4, -0.2) is 23.7 Å². The number of pyridine rings is 1. The lowest BCUT2D eigenvalue weighted by Gasteiger charge is -2.29. The molecule has 0 fully saturated rings. The van der Waals surface area contributed by atoms with Gasteiger partial charge in [0, 0.05) is 18.3 Å². The van der Waals surface area contributed by atoms with Gasteiger partial charge in [0.15, 0.2) is 11.6 Å². The molecule has 0 spiro atoms. The predicted molar refractivity (Wildman–Crippen MR) is 71.4 cm³/mol. The predicted octanol–water partition coefficient (Wildman–Crippen LogP) is 2.41. The Labute approximate surface area is 104 Å². The maximum atomic E-state index is 5.78. The van der Waals surface area contributed by atoms with Crippen molar-refractivity contribution in [3.63, 3.8) is 0 Å². The number of rotatable bonds is 7. The van der Waals surface area contributed by atoms with Crippen molar-refractivity contribution >= 4 is 5.82 Å². The maximum Gasteiger partial charge on any atom is 0.169 e. The zero-order chi connectivity index (χ0) is 12.7. The zero-order valence-electron chi connectivity index (χ0n) is 11.0. The molecule has 4 nitrogen and oxygen atoms in total. The molecule has 0 aliphatic heterocycles. The average Bonchev–Trinajstić information content (AvgIpc) is 2.37. The van der Waals surface area contributed by atoms with E-state index in [0.717, 1.165) is 24.4 Å². The monoisotopic (exact) mass is 237 g/mol. The second-order valence-corrected chi connectivity index (χ2v) is 4.44. The van der Waals surface area contributed by atoms with Crippen molar-refractivity contribution in [3.8, 4) is 5.75 Å². The van der Waals surface area contributed by atoms with Crippen LogP contribution in [0.4, 0.5) is 5.82 Å². The normalized spacial score (nSPS) is 14.1. The zero-order valence-corrected chi connectivity index (χ0v) is 11.0. The second-order valence-electron chi connectivity index (χ2n) is 4.44. The molecule has 0 amide bonds. The topological polar surface area (TPSA) is 60.2 Å². The van der Waals surface area contributed by atoms with E-state index in [-0.39, 0.29) is 5.54 Å². The summed E-state index contributed by atoms with van der Waals surface area (Å²) in [5.41, 5.74) is 5.64. The van der Waals surface area contributed by atoms with Crippen LogP contribution in [0.25, 0.3) is 0 Å². The molecule has 1 rings (SSSR count). The van der Waals surface area contributed by atoms with Gasteiger partial charge in [-0.3, -0.25) is 0 Å². The number of nitrogens with one attached hydrogen (secondary N) is 1. The number of nitrogens with zero attached hydrogens (tertiary/aromatic N) is 1. The third-order valence-electron chi connectivity index (χ3n) is 2.88. The van der Waals surface area contributed by atoms with Gasteiger partial charge >= 0.3 is 0 Å². The molecule has 0 aromatic carbocycles. The number of hydrogen-bond acceptors (Lipinski definition) is 4. The van der Waals surface area contributed by atoms with Crippen LogP contribution >= 0.6 is 0 Å². The molecular formula is C13H23N3O. The lowest BCUT2D eigenvalue weighted by atomic mass is 9.99. The molecule has 96 valence electrons. The van der Waals surface area contributed by atoms with Crippen molar-refractivity contribution in [1.29, 1.82) is 0 Å². The third kappa shape index (κ3) is 3.89. The van der Waals surface area contributed by atoms with Crippen LogP contribution in [0.5, 0.6) is 5.75 Å². The van der Waals surface area contributed by atoms with Crippen LogP contribution in [0, 0.1) is 0 Å². The van der Waals surface area contributed by atoms with Gasteiger partial charge in [0.05, 0.1) is 6.61 Å². The Bertz CT molecular complexity index is 337. The van der Waals surface area contributed by atoms with Gasteiger partial charge in [0.25, 0.3) is 0 Å². The standard InChI is InChI=1S/C13H23N3O/c1-4-9-17-11-7-6-8-15-12(11)16-13(3,5-2)10-14/h6-8H,4-5,9-10,14H2,1-3H3,(H,15,16). The molecule has 17 heavy (non-hydrogen) atoms. The van der Waals surface area contributed by atoms with Gasteiger partial charge in [-0.2, -0.15) is 0 Å². The molecule has 1 heterocycles. The lowest BCUT2D eigenvalue weighted by molar-refractivity contribution is 0.316. The van der Waals surface area contributed by atoms with Crippen molar-refractivity contribution < 1.29 is 4.74 Å². The Kier molecular flexibility index (Phi) is 5.22. The molecule has 0 aliphatic carbocycles. The summed E-state index contributed by atoms with van der Waals surface area (Å²) >= 11 is 0. The SMILES string of the molecule is CCCOc1cccnc1NC(C)(CC)CN. The van der Waals surface area contributed by atoms with E-state index in [1.54, 1.807) is 6.20 Å². The van der Waals surface area contributed by atoms with Gasteiger partial charge in [-0.1, -0.05) is 13.8 Å². The second kappa shape index (κ2) is 6.45. The Morgan fingerprint density at radius 2 is 2.24 bits per heavy atom. The molecule has 1 unspecified atom stereocenters. The summed E-state index contributed by atoms with van der Waals surface area (Å²) in [6.07, 6.45) is 3.68. The van der Waals surface area contributed by atoms with Crippen LogP contribution in [0.1, 0.15) is 33.6 Å². The Morgan fingerprint density at radius 1 is 1.47 bits per heavy atom. The van der Waals surface area contributed by atoms with Gasteiger partial charge in [-0.15, -0.1) is 0 Å². The summed E-state index contributed by atoms with van der Waals surface area (Å²) < 4.78 is 5.66. The van der Waals surface area contributed by atoms with E-state index in [2.05, 4.69) is 31.1 Å². The fourth-order valence-electron chi connectivity index (χ4n) is 1.38. The van der Waals surface area contributed by atoms with Gasteiger partial charge in [0.1, 0.15) is 0 Å². The van der Waals surface area contributed by atoms with E-state index in [9.17, 15) is 0 Å². The van der Waals surface area contributed by atoms with Crippen molar-refractivity contribution in [2.75, 3.05) is 18.5 Å². The summed E-state index contributed by atoms with van der Waals surface area (Å²) in [6, 6.07) is 3.81. The van der Waals surface area contributed by atoms with E-state index in [1.165, 1.54) is 0 Å². The molecule has 0 saturated heterocycles. The molecular weight excluding hydrogens is 214 g/mol. The fraction of sp³-hybridized carbons (Fsp3) is 0.615. The molecule has 1 atom stereocenters. The first-order valence-electron chi connectivity index (χ1n) is 6.21. The quantitative estimate of drug-likeness (QED) is 0.764. The van der Waals surface area contributed by atoms with Crippen molar-refractivity contribution in [1.82, 2.24) is 4.98 Å². The summed E-state index contributed by atoms with van der Waals surface area (Å²) in [7, 11) is 0. The number of hydrogen-bond donors (Lipinski definition) is 2. The first kappa shape index (κ1) is 13.8. The Hall–Kier alpha value is -1.29. The molecule has 0 saturated carbocycles. The molecule has 4 heteroatoms. The van der Waals surface area contributed by atoms with Crippen LogP contribution in [0.3, 0.4) is 0 Å². The summed E-state index contributed by atoms with van der Waals surface area (Å²) in [6.45, 7) is 7.54. The lowest BCUT2D eigenvalue weighted by Crippen LogP contribution is -2.42. The van der Waals surface area contributed by atoms with Crippen LogP contribution in [-0.2, 0) is 0 Å². The smallest absolute Gasteiger partial charge is 0.169 e. The highest BCUT2D eigenvalue weighted by molar-refractivity contribution is 5.51. The van der Waals surface area contributed by atoms with Gasteiger partial charge < -0.3 is 15.8 Å². The van der Waals surface area contributed by atoms with Crippen LogP contribution in [0.2, 0.25) is 0 Å². The molecule has 3 N–H and O–H groups in total. The highest BCUT2D eigenvalue weighted by Crippen LogP contribution is 2.25. The van der Waals surface area contributed by atoms with Gasteiger partial charge in [0.2, 0.25) is 0 Å². The Morgan fingerprint density at radius 3 is 2.82 bits per heavy atom. The van der Waals surface area contributed by atoms with Crippen LogP contribution < -0.4 is 15.8 Å². The van der Waals surface area contributed by atoms with Crippen LogP contribution in [0.15, 0.2) is 18.3 Å². The minimum atomic E-state index is -0.140. The maximum absolute atomic E-state index is 5.78. The fourth-order valence-corrected chi connectivity index (χ4v) is 1.38. The molecule has 1 aromatic heterocycles. The summed E-state index contributed by atoms with van der Waals surface area (Å²) in [5.74, 6) is 1.57. The molecule has 0 bridgehead atoms. The molecule has 0 radical (unpaired) electrons. The van der Waals surface area contributed by atoms with Gasteiger partial charge in [-0.05, 0) is 31.9 Å². The minimum absolute atomic E-state index is 0.140. The third-order valence-corrected chi connectivity index (χ3v) is 2.88. The van der Waals surface area contributed by atoms with Crippen molar-refractivity contribution in [3.05, 3.63) is 18.3 Å². The number of aromatic nitrogens is 1. The molecule has 0 aliphatic rings.